The summed E-state index contributed by atoms with van der Waals surface area (Å²) in [6.45, 7) is 6.34. The number of nitrogens with two attached hydrogens (primary N) is 1. The zero-order valence-corrected chi connectivity index (χ0v) is 20.2. The van der Waals surface area contributed by atoms with Gasteiger partial charge in [0.1, 0.15) is 24.3 Å². The summed E-state index contributed by atoms with van der Waals surface area (Å²) >= 11 is 0. The fraction of sp³-hybridized carbons (Fsp3) is 0.520. The van der Waals surface area contributed by atoms with Crippen molar-refractivity contribution < 1.29 is 9.84 Å². The van der Waals surface area contributed by atoms with Crippen LogP contribution in [0.15, 0.2) is 30.3 Å². The Kier molecular flexibility index (Phi) is 11.6. The average molecular weight is 457 g/mol. The van der Waals surface area contributed by atoms with E-state index in [1.807, 2.05) is 30.3 Å². The van der Waals surface area contributed by atoms with Gasteiger partial charge in [-0.25, -0.2) is 4.98 Å². The number of anilines is 2. The smallest absolute Gasteiger partial charge is 0.137 e. The Balaban J connectivity index is 2.26. The summed E-state index contributed by atoms with van der Waals surface area (Å²) in [7, 11) is 1.79. The van der Waals surface area contributed by atoms with E-state index in [4.69, 9.17) is 20.9 Å². The lowest BCUT2D eigenvalue weighted by Gasteiger charge is -2.18. The maximum Gasteiger partial charge on any atom is 0.137 e. The summed E-state index contributed by atoms with van der Waals surface area (Å²) in [4.78, 5) is 4.82. The lowest BCUT2D eigenvalue weighted by molar-refractivity contribution is 0.108. The second-order valence-electron chi connectivity index (χ2n) is 8.44. The molecule has 0 fully saturated rings. The lowest BCUT2D eigenvalue weighted by atomic mass is 10.1. The second kappa shape index (κ2) is 14.5. The number of nitrogens with one attached hydrogen (secondary N) is 4. The number of aliphatic hydroxyl groups is 1. The third-order valence-corrected chi connectivity index (χ3v) is 5.09. The molecule has 0 saturated carbocycles. The van der Waals surface area contributed by atoms with Gasteiger partial charge in [0.15, 0.2) is 0 Å². The van der Waals surface area contributed by atoms with Gasteiger partial charge < -0.3 is 36.9 Å². The molecular weight excluding hydrogens is 416 g/mol. The van der Waals surface area contributed by atoms with E-state index in [1.54, 1.807) is 7.05 Å². The maximum absolute atomic E-state index is 9.92. The Bertz CT molecular complexity index is 859. The summed E-state index contributed by atoms with van der Waals surface area (Å²) in [5.41, 5.74) is 8.90. The number of benzene rings is 1. The number of likely N-dealkylation sites (N-methyl/N-ethyl adjacent to an activating group) is 1. The van der Waals surface area contributed by atoms with Gasteiger partial charge in [-0.3, -0.25) is 0 Å². The number of nitrogens with zero attached hydrogens (tertiary/aromatic N) is 1. The van der Waals surface area contributed by atoms with Gasteiger partial charge in [-0.15, -0.1) is 0 Å². The summed E-state index contributed by atoms with van der Waals surface area (Å²) in [6, 6.07) is 9.86. The standard InChI is InChI=1S/C25H40N6O2/c1-18(2)30-25-22(15-27)24(29-12-7-5-4-6-11-26)14-23(31-25)19-9-8-10-21(13-19)33-17-20(32)16-28-3/h8-10,13-15,18,20,27-28,32H,4-7,11-12,16-17,26H2,1-3H3,(H2,29,30,31). The SMILES string of the molecule is CNCC(O)COc1cccc(-c2cc(NCCCCCCN)c(C=N)c(NC(C)C)n2)c1. The zero-order valence-electron chi connectivity index (χ0n) is 20.2. The Morgan fingerprint density at radius 2 is 1.97 bits per heavy atom. The van der Waals surface area contributed by atoms with Crippen molar-refractivity contribution in [2.75, 3.05) is 43.9 Å². The monoisotopic (exact) mass is 456 g/mol. The minimum atomic E-state index is -0.578. The fourth-order valence-electron chi connectivity index (χ4n) is 3.46. The molecule has 182 valence electrons. The van der Waals surface area contributed by atoms with E-state index in [9.17, 15) is 5.11 Å². The molecule has 0 amide bonds. The number of ether oxygens (including phenoxy) is 1. The predicted octanol–water partition coefficient (Wildman–Crippen LogP) is 3.46. The highest BCUT2D eigenvalue weighted by molar-refractivity contribution is 5.93. The number of aliphatic hydroxyl groups excluding tert-OH is 1. The van der Waals surface area contributed by atoms with Gasteiger partial charge in [-0.05, 0) is 58.5 Å². The quantitative estimate of drug-likeness (QED) is 0.169. The van der Waals surface area contributed by atoms with Crippen LogP contribution in [0.4, 0.5) is 11.5 Å². The van der Waals surface area contributed by atoms with E-state index < -0.39 is 6.10 Å². The van der Waals surface area contributed by atoms with Crippen molar-refractivity contribution in [3.05, 3.63) is 35.9 Å². The van der Waals surface area contributed by atoms with Gasteiger partial charge in [-0.1, -0.05) is 25.0 Å². The van der Waals surface area contributed by atoms with E-state index in [0.29, 0.717) is 18.1 Å². The normalized spacial score (nSPS) is 11.9. The maximum atomic E-state index is 9.92. The summed E-state index contributed by atoms with van der Waals surface area (Å²) in [5, 5.41) is 27.7. The van der Waals surface area contributed by atoms with E-state index in [0.717, 1.165) is 61.3 Å². The average Bonchev–Trinajstić information content (AvgIpc) is 2.80. The van der Waals surface area contributed by atoms with Crippen molar-refractivity contribution in [2.24, 2.45) is 5.73 Å². The predicted molar refractivity (Wildman–Crippen MR) is 138 cm³/mol. The molecule has 2 aromatic rings. The van der Waals surface area contributed by atoms with Crippen LogP contribution in [-0.2, 0) is 0 Å². The van der Waals surface area contributed by atoms with Crippen molar-refractivity contribution in [1.82, 2.24) is 10.3 Å². The van der Waals surface area contributed by atoms with Crippen molar-refractivity contribution >= 4 is 17.7 Å². The Morgan fingerprint density at radius 3 is 2.67 bits per heavy atom. The molecule has 0 bridgehead atoms. The first-order valence-corrected chi connectivity index (χ1v) is 11.8. The van der Waals surface area contributed by atoms with Crippen LogP contribution in [-0.4, -0.2) is 61.7 Å². The lowest BCUT2D eigenvalue weighted by Crippen LogP contribution is -2.29. The molecule has 0 spiro atoms. The molecule has 1 atom stereocenters. The molecular formula is C25H40N6O2. The van der Waals surface area contributed by atoms with Crippen LogP contribution in [0.2, 0.25) is 0 Å². The number of rotatable bonds is 16. The first-order valence-electron chi connectivity index (χ1n) is 11.8. The second-order valence-corrected chi connectivity index (χ2v) is 8.44. The number of pyridine rings is 1. The van der Waals surface area contributed by atoms with Crippen molar-refractivity contribution in [1.29, 1.82) is 5.41 Å². The van der Waals surface area contributed by atoms with E-state index in [2.05, 4.69) is 29.8 Å². The minimum absolute atomic E-state index is 0.180. The van der Waals surface area contributed by atoms with Crippen molar-refractivity contribution in [2.45, 2.75) is 51.7 Å². The van der Waals surface area contributed by atoms with Crippen LogP contribution in [0.1, 0.15) is 45.1 Å². The summed E-state index contributed by atoms with van der Waals surface area (Å²) in [5.74, 6) is 1.35. The topological polar surface area (TPSA) is 128 Å². The van der Waals surface area contributed by atoms with E-state index >= 15 is 0 Å². The summed E-state index contributed by atoms with van der Waals surface area (Å²) in [6.07, 6.45) is 5.12. The third kappa shape index (κ3) is 9.00. The van der Waals surface area contributed by atoms with Crippen LogP contribution in [0.5, 0.6) is 5.75 Å². The highest BCUT2D eigenvalue weighted by Crippen LogP contribution is 2.30. The van der Waals surface area contributed by atoms with E-state index in [1.165, 1.54) is 6.21 Å². The molecule has 0 aliphatic carbocycles. The van der Waals surface area contributed by atoms with Gasteiger partial charge in [0.05, 0.1) is 11.3 Å². The first kappa shape index (κ1) is 26.6. The molecule has 33 heavy (non-hydrogen) atoms. The Morgan fingerprint density at radius 1 is 1.18 bits per heavy atom. The zero-order chi connectivity index (χ0) is 24.1. The van der Waals surface area contributed by atoms with Crippen molar-refractivity contribution in [3.8, 4) is 17.0 Å². The highest BCUT2D eigenvalue weighted by atomic mass is 16.5. The third-order valence-electron chi connectivity index (χ3n) is 5.09. The van der Waals surface area contributed by atoms with Crippen LogP contribution in [0.3, 0.4) is 0 Å². The van der Waals surface area contributed by atoms with Gasteiger partial charge in [-0.2, -0.15) is 0 Å². The molecule has 0 aliphatic heterocycles. The van der Waals surface area contributed by atoms with E-state index in [-0.39, 0.29) is 12.6 Å². The molecule has 7 N–H and O–H groups in total. The molecule has 1 heterocycles. The molecule has 0 aliphatic rings. The molecule has 0 radical (unpaired) electrons. The molecule has 8 nitrogen and oxygen atoms in total. The molecule has 0 saturated heterocycles. The molecule has 1 aromatic heterocycles. The largest absolute Gasteiger partial charge is 0.491 e. The Hall–Kier alpha value is -2.68. The van der Waals surface area contributed by atoms with Gasteiger partial charge in [0.2, 0.25) is 0 Å². The van der Waals surface area contributed by atoms with Gasteiger partial charge >= 0.3 is 0 Å². The van der Waals surface area contributed by atoms with Crippen LogP contribution >= 0.6 is 0 Å². The van der Waals surface area contributed by atoms with Crippen LogP contribution in [0, 0.1) is 5.41 Å². The number of hydrogen-bond acceptors (Lipinski definition) is 8. The fourth-order valence-corrected chi connectivity index (χ4v) is 3.46. The van der Waals surface area contributed by atoms with Crippen molar-refractivity contribution in [3.63, 3.8) is 0 Å². The molecule has 1 unspecified atom stereocenters. The highest BCUT2D eigenvalue weighted by Gasteiger charge is 2.14. The van der Waals surface area contributed by atoms with Crippen LogP contribution < -0.4 is 26.4 Å². The molecule has 8 heteroatoms. The molecule has 1 aromatic carbocycles. The summed E-state index contributed by atoms with van der Waals surface area (Å²) < 4.78 is 5.77. The Labute approximate surface area is 197 Å². The van der Waals surface area contributed by atoms with Gasteiger partial charge in [0, 0.05) is 36.6 Å². The number of hydrogen-bond donors (Lipinski definition) is 6. The number of aromatic nitrogens is 1. The van der Waals surface area contributed by atoms with Crippen LogP contribution in [0.25, 0.3) is 11.3 Å². The first-order chi connectivity index (χ1) is 16.0. The molecule has 2 rings (SSSR count). The van der Waals surface area contributed by atoms with Gasteiger partial charge in [0.25, 0.3) is 0 Å². The minimum Gasteiger partial charge on any atom is -0.491 e. The number of unbranched alkanes of at least 4 members (excludes halogenated alkanes) is 3.